The molecule has 1 heterocycles. The third-order valence-electron chi connectivity index (χ3n) is 3.10. The molecule has 0 fully saturated rings. The number of benzene rings is 2. The zero-order valence-corrected chi connectivity index (χ0v) is 11.8. The lowest BCUT2D eigenvalue weighted by Crippen LogP contribution is -2.13. The maximum absolute atomic E-state index is 12.3. The molecule has 1 amide bonds. The Kier molecular flexibility index (Phi) is 3.48. The van der Waals surface area contributed by atoms with Gasteiger partial charge in [0.15, 0.2) is 0 Å². The van der Waals surface area contributed by atoms with E-state index in [9.17, 15) is 14.9 Å². The summed E-state index contributed by atoms with van der Waals surface area (Å²) in [6.07, 6.45) is 1.62. The predicted molar refractivity (Wildman–Crippen MR) is 82.2 cm³/mol. The number of carbonyl (C=O) groups excluding carboxylic acids is 1. The Labute approximate surface area is 129 Å². The molecule has 3 rings (SSSR count). The third kappa shape index (κ3) is 2.61. The van der Waals surface area contributed by atoms with Gasteiger partial charge in [-0.3, -0.25) is 20.0 Å². The van der Waals surface area contributed by atoms with Crippen LogP contribution in [0.4, 0.5) is 11.4 Å². The molecule has 2 aromatic carbocycles. The highest BCUT2D eigenvalue weighted by Gasteiger charge is 2.20. The van der Waals surface area contributed by atoms with Crippen LogP contribution in [0.1, 0.15) is 10.4 Å². The Morgan fingerprint density at radius 1 is 1.27 bits per heavy atom. The molecule has 0 radical (unpaired) electrons. The third-order valence-corrected chi connectivity index (χ3v) is 3.33. The number of hydrogen-bond acceptors (Lipinski definition) is 4. The van der Waals surface area contributed by atoms with Gasteiger partial charge in [0.05, 0.1) is 16.6 Å². The minimum absolute atomic E-state index is 0.0928. The van der Waals surface area contributed by atoms with E-state index in [2.05, 4.69) is 15.5 Å². The molecule has 7 nitrogen and oxygen atoms in total. The summed E-state index contributed by atoms with van der Waals surface area (Å²) in [6.45, 7) is 0. The largest absolute Gasteiger partial charge is 0.322 e. The predicted octanol–water partition coefficient (Wildman–Crippen LogP) is 3.38. The van der Waals surface area contributed by atoms with Crippen LogP contribution >= 0.6 is 11.6 Å². The fourth-order valence-corrected chi connectivity index (χ4v) is 2.24. The van der Waals surface area contributed by atoms with Crippen LogP contribution in [0.2, 0.25) is 5.02 Å². The van der Waals surface area contributed by atoms with Crippen LogP contribution in [0, 0.1) is 10.1 Å². The lowest BCUT2D eigenvalue weighted by molar-refractivity contribution is -0.385. The second kappa shape index (κ2) is 5.45. The molecule has 0 saturated carbocycles. The zero-order chi connectivity index (χ0) is 15.7. The van der Waals surface area contributed by atoms with Crippen molar-refractivity contribution in [1.29, 1.82) is 0 Å². The minimum atomic E-state index is -0.621. The zero-order valence-electron chi connectivity index (χ0n) is 11.0. The summed E-state index contributed by atoms with van der Waals surface area (Å²) in [5, 5.41) is 21.4. The van der Waals surface area contributed by atoms with E-state index in [1.165, 1.54) is 18.2 Å². The molecular weight excluding hydrogens is 308 g/mol. The standard InChI is InChI=1S/C14H9ClN4O3/c15-9-1-4-13(19(21)22)11(6-9)14(20)17-10-2-3-12-8(5-10)7-16-18-12/h1-7H,(H,16,18)(H,17,20). The Hall–Kier alpha value is -2.93. The highest BCUT2D eigenvalue weighted by molar-refractivity contribution is 6.31. The van der Waals surface area contributed by atoms with E-state index in [0.29, 0.717) is 5.69 Å². The van der Waals surface area contributed by atoms with Crippen molar-refractivity contribution in [2.24, 2.45) is 0 Å². The number of anilines is 1. The summed E-state index contributed by atoms with van der Waals surface area (Å²) in [5.74, 6) is -0.600. The maximum Gasteiger partial charge on any atom is 0.282 e. The fraction of sp³-hybridized carbons (Fsp3) is 0. The molecule has 110 valence electrons. The van der Waals surface area contributed by atoms with Crippen molar-refractivity contribution < 1.29 is 9.72 Å². The van der Waals surface area contributed by atoms with Gasteiger partial charge in [-0.1, -0.05) is 11.6 Å². The second-order valence-corrected chi connectivity index (χ2v) is 4.98. The van der Waals surface area contributed by atoms with Gasteiger partial charge in [0.2, 0.25) is 0 Å². The number of nitro groups is 1. The van der Waals surface area contributed by atoms with Crippen molar-refractivity contribution in [2.45, 2.75) is 0 Å². The molecule has 22 heavy (non-hydrogen) atoms. The number of fused-ring (bicyclic) bond motifs is 1. The quantitative estimate of drug-likeness (QED) is 0.571. The number of rotatable bonds is 3. The van der Waals surface area contributed by atoms with Gasteiger partial charge < -0.3 is 5.32 Å². The van der Waals surface area contributed by atoms with Gasteiger partial charge in [-0.25, -0.2) is 0 Å². The molecule has 0 atom stereocenters. The molecule has 8 heteroatoms. The number of halogens is 1. The van der Waals surface area contributed by atoms with E-state index in [0.717, 1.165) is 10.9 Å². The summed E-state index contributed by atoms with van der Waals surface area (Å²) < 4.78 is 0. The van der Waals surface area contributed by atoms with Gasteiger partial charge in [-0.2, -0.15) is 5.10 Å². The van der Waals surface area contributed by atoms with Crippen LogP contribution < -0.4 is 5.32 Å². The normalized spacial score (nSPS) is 10.6. The van der Waals surface area contributed by atoms with Crippen molar-refractivity contribution in [3.05, 3.63) is 63.3 Å². The van der Waals surface area contributed by atoms with E-state index in [4.69, 9.17) is 11.6 Å². The number of nitrogens with one attached hydrogen (secondary N) is 2. The van der Waals surface area contributed by atoms with Crippen molar-refractivity contribution >= 4 is 39.8 Å². The van der Waals surface area contributed by atoms with Crippen molar-refractivity contribution in [2.75, 3.05) is 5.32 Å². The van der Waals surface area contributed by atoms with Crippen LogP contribution in [0.5, 0.6) is 0 Å². The van der Waals surface area contributed by atoms with E-state index in [1.54, 1.807) is 24.4 Å². The smallest absolute Gasteiger partial charge is 0.282 e. The highest BCUT2D eigenvalue weighted by Crippen LogP contribution is 2.24. The average Bonchev–Trinajstić information content (AvgIpc) is 2.94. The average molecular weight is 317 g/mol. The summed E-state index contributed by atoms with van der Waals surface area (Å²) in [5.41, 5.74) is 0.941. The van der Waals surface area contributed by atoms with Crippen LogP contribution in [-0.2, 0) is 0 Å². The van der Waals surface area contributed by atoms with E-state index in [1.807, 2.05) is 0 Å². The van der Waals surface area contributed by atoms with Crippen LogP contribution in [0.15, 0.2) is 42.6 Å². The van der Waals surface area contributed by atoms with Crippen LogP contribution in [-0.4, -0.2) is 21.0 Å². The van der Waals surface area contributed by atoms with Gasteiger partial charge in [0.25, 0.3) is 11.6 Å². The molecular formula is C14H9ClN4O3. The first-order valence-corrected chi connectivity index (χ1v) is 6.61. The Morgan fingerprint density at radius 2 is 2.09 bits per heavy atom. The first-order valence-electron chi connectivity index (χ1n) is 6.23. The number of aromatic amines is 1. The summed E-state index contributed by atoms with van der Waals surface area (Å²) in [6, 6.07) is 8.99. The van der Waals surface area contributed by atoms with Crippen LogP contribution in [0.25, 0.3) is 10.9 Å². The summed E-state index contributed by atoms with van der Waals surface area (Å²) >= 11 is 5.82. The van der Waals surface area contributed by atoms with Crippen molar-refractivity contribution in [1.82, 2.24) is 10.2 Å². The molecule has 0 aliphatic carbocycles. The number of amides is 1. The number of aromatic nitrogens is 2. The Balaban J connectivity index is 1.94. The maximum atomic E-state index is 12.3. The minimum Gasteiger partial charge on any atom is -0.322 e. The molecule has 0 aliphatic rings. The monoisotopic (exact) mass is 316 g/mol. The molecule has 2 N–H and O–H groups in total. The molecule has 0 saturated heterocycles. The number of hydrogen-bond donors (Lipinski definition) is 2. The number of nitrogens with zero attached hydrogens (tertiary/aromatic N) is 2. The first kappa shape index (κ1) is 14.0. The van der Waals surface area contributed by atoms with Crippen LogP contribution in [0.3, 0.4) is 0 Å². The summed E-state index contributed by atoms with van der Waals surface area (Å²) in [7, 11) is 0. The van der Waals surface area contributed by atoms with Gasteiger partial charge in [0.1, 0.15) is 5.56 Å². The summed E-state index contributed by atoms with van der Waals surface area (Å²) in [4.78, 5) is 22.6. The molecule has 1 aromatic heterocycles. The fourth-order valence-electron chi connectivity index (χ4n) is 2.07. The lowest BCUT2D eigenvalue weighted by Gasteiger charge is -2.06. The topological polar surface area (TPSA) is 101 Å². The SMILES string of the molecule is O=C(Nc1ccc2[nH]ncc2c1)c1cc(Cl)ccc1[N+](=O)[O-]. The first-order chi connectivity index (χ1) is 10.5. The van der Waals surface area contributed by atoms with Crippen molar-refractivity contribution in [3.8, 4) is 0 Å². The van der Waals surface area contributed by atoms with E-state index in [-0.39, 0.29) is 16.3 Å². The lowest BCUT2D eigenvalue weighted by atomic mass is 10.1. The van der Waals surface area contributed by atoms with Crippen molar-refractivity contribution in [3.63, 3.8) is 0 Å². The number of H-pyrrole nitrogens is 1. The van der Waals surface area contributed by atoms with E-state index >= 15 is 0 Å². The number of carbonyl (C=O) groups is 1. The Morgan fingerprint density at radius 3 is 2.86 bits per heavy atom. The molecule has 3 aromatic rings. The highest BCUT2D eigenvalue weighted by atomic mass is 35.5. The van der Waals surface area contributed by atoms with Gasteiger partial charge in [-0.15, -0.1) is 0 Å². The van der Waals surface area contributed by atoms with Gasteiger partial charge >= 0.3 is 0 Å². The Bertz CT molecular complexity index is 891. The molecule has 0 bridgehead atoms. The second-order valence-electron chi connectivity index (χ2n) is 4.54. The molecule has 0 aliphatic heterocycles. The van der Waals surface area contributed by atoms with Gasteiger partial charge in [0, 0.05) is 22.2 Å². The van der Waals surface area contributed by atoms with E-state index < -0.39 is 10.8 Å². The molecule has 0 spiro atoms. The number of nitro benzene ring substituents is 1. The van der Waals surface area contributed by atoms with Gasteiger partial charge in [-0.05, 0) is 30.3 Å². The molecule has 0 unspecified atom stereocenters.